The molecule has 0 atom stereocenters. The van der Waals surface area contributed by atoms with Crippen molar-refractivity contribution < 1.29 is 9.53 Å². The summed E-state index contributed by atoms with van der Waals surface area (Å²) in [4.78, 5) is 15.5. The highest BCUT2D eigenvalue weighted by atomic mass is 16.5. The van der Waals surface area contributed by atoms with E-state index in [0.717, 1.165) is 38.6 Å². The monoisotopic (exact) mass is 226 g/mol. The maximum Gasteiger partial charge on any atom is 0.331 e. The van der Waals surface area contributed by atoms with Gasteiger partial charge < -0.3 is 9.64 Å². The SMILES string of the molecule is COC(=O)C=CN1CCN(CC(C)C)CC1. The van der Waals surface area contributed by atoms with Gasteiger partial charge in [0.1, 0.15) is 0 Å². The Balaban J connectivity index is 2.26. The van der Waals surface area contributed by atoms with Crippen molar-refractivity contribution in [3.05, 3.63) is 12.3 Å². The predicted molar refractivity (Wildman–Crippen MR) is 64.0 cm³/mol. The fourth-order valence-corrected chi connectivity index (χ4v) is 1.85. The number of ether oxygens (including phenoxy) is 1. The lowest BCUT2D eigenvalue weighted by atomic mass is 10.2. The fraction of sp³-hybridized carbons (Fsp3) is 0.750. The number of piperazine rings is 1. The van der Waals surface area contributed by atoms with Crippen LogP contribution in [0, 0.1) is 5.92 Å². The first kappa shape index (κ1) is 13.0. The van der Waals surface area contributed by atoms with E-state index in [-0.39, 0.29) is 5.97 Å². The van der Waals surface area contributed by atoms with Gasteiger partial charge in [0.2, 0.25) is 0 Å². The van der Waals surface area contributed by atoms with E-state index in [4.69, 9.17) is 0 Å². The van der Waals surface area contributed by atoms with Crippen LogP contribution in [0.5, 0.6) is 0 Å². The Morgan fingerprint density at radius 2 is 1.94 bits per heavy atom. The van der Waals surface area contributed by atoms with Crippen molar-refractivity contribution in [2.45, 2.75) is 13.8 Å². The second-order valence-electron chi connectivity index (χ2n) is 4.57. The lowest BCUT2D eigenvalue weighted by molar-refractivity contribution is -0.134. The number of carbonyl (C=O) groups is 1. The van der Waals surface area contributed by atoms with Gasteiger partial charge in [0, 0.05) is 45.0 Å². The van der Waals surface area contributed by atoms with Gasteiger partial charge in [-0.15, -0.1) is 0 Å². The zero-order valence-electron chi connectivity index (χ0n) is 10.5. The molecule has 0 unspecified atom stereocenters. The topological polar surface area (TPSA) is 32.8 Å². The van der Waals surface area contributed by atoms with E-state index in [1.54, 1.807) is 0 Å². The van der Waals surface area contributed by atoms with Crippen LogP contribution in [0.1, 0.15) is 13.8 Å². The van der Waals surface area contributed by atoms with Crippen LogP contribution in [-0.4, -0.2) is 55.6 Å². The maximum atomic E-state index is 10.9. The summed E-state index contributed by atoms with van der Waals surface area (Å²) in [6, 6.07) is 0. The second kappa shape index (κ2) is 6.53. The molecular formula is C12H22N2O2. The Morgan fingerprint density at radius 3 is 2.44 bits per heavy atom. The minimum Gasteiger partial charge on any atom is -0.466 e. The Labute approximate surface area is 97.9 Å². The molecule has 0 aromatic heterocycles. The minimum atomic E-state index is -0.287. The first-order valence-electron chi connectivity index (χ1n) is 5.84. The van der Waals surface area contributed by atoms with Crippen molar-refractivity contribution in [1.29, 1.82) is 0 Å². The smallest absolute Gasteiger partial charge is 0.331 e. The Kier molecular flexibility index (Phi) is 5.32. The minimum absolute atomic E-state index is 0.287. The van der Waals surface area contributed by atoms with Crippen LogP contribution >= 0.6 is 0 Å². The number of esters is 1. The van der Waals surface area contributed by atoms with Crippen LogP contribution < -0.4 is 0 Å². The van der Waals surface area contributed by atoms with Crippen molar-refractivity contribution in [3.8, 4) is 0 Å². The molecule has 0 spiro atoms. The van der Waals surface area contributed by atoms with Crippen molar-refractivity contribution in [2.24, 2.45) is 5.92 Å². The number of rotatable bonds is 4. The molecule has 1 saturated heterocycles. The summed E-state index contributed by atoms with van der Waals surface area (Å²) in [6.07, 6.45) is 3.32. The number of hydrogen-bond acceptors (Lipinski definition) is 4. The molecule has 0 aromatic rings. The number of methoxy groups -OCH3 is 1. The Morgan fingerprint density at radius 1 is 1.31 bits per heavy atom. The molecule has 0 N–H and O–H groups in total. The van der Waals surface area contributed by atoms with Crippen LogP contribution in [0.15, 0.2) is 12.3 Å². The quantitative estimate of drug-likeness (QED) is 0.528. The zero-order chi connectivity index (χ0) is 12.0. The fourth-order valence-electron chi connectivity index (χ4n) is 1.85. The molecule has 0 amide bonds. The van der Waals surface area contributed by atoms with Crippen LogP contribution in [0.2, 0.25) is 0 Å². The zero-order valence-corrected chi connectivity index (χ0v) is 10.5. The van der Waals surface area contributed by atoms with Gasteiger partial charge in [-0.1, -0.05) is 13.8 Å². The summed E-state index contributed by atoms with van der Waals surface area (Å²) < 4.78 is 4.55. The van der Waals surface area contributed by atoms with Crippen LogP contribution in [-0.2, 0) is 9.53 Å². The van der Waals surface area contributed by atoms with Gasteiger partial charge in [0.25, 0.3) is 0 Å². The molecule has 0 saturated carbocycles. The molecule has 1 aliphatic heterocycles. The summed E-state index contributed by atoms with van der Waals surface area (Å²) >= 11 is 0. The molecule has 16 heavy (non-hydrogen) atoms. The number of hydrogen-bond donors (Lipinski definition) is 0. The number of carbonyl (C=O) groups excluding carboxylic acids is 1. The maximum absolute atomic E-state index is 10.9. The Bertz CT molecular complexity index is 243. The van der Waals surface area contributed by atoms with E-state index in [1.807, 2.05) is 6.20 Å². The van der Waals surface area contributed by atoms with Gasteiger partial charge in [0.05, 0.1) is 7.11 Å². The van der Waals surface area contributed by atoms with Crippen molar-refractivity contribution >= 4 is 5.97 Å². The highest BCUT2D eigenvalue weighted by molar-refractivity contribution is 5.81. The molecule has 0 aromatic carbocycles. The summed E-state index contributed by atoms with van der Waals surface area (Å²) in [5, 5.41) is 0. The second-order valence-corrected chi connectivity index (χ2v) is 4.57. The standard InChI is InChI=1S/C12H22N2O2/c1-11(2)10-14-8-6-13(7-9-14)5-4-12(15)16-3/h4-5,11H,6-10H2,1-3H3. The van der Waals surface area contributed by atoms with Gasteiger partial charge in [-0.2, -0.15) is 0 Å². The largest absolute Gasteiger partial charge is 0.466 e. The summed E-state index contributed by atoms with van der Waals surface area (Å²) in [6.45, 7) is 9.76. The molecule has 0 aliphatic carbocycles. The summed E-state index contributed by atoms with van der Waals surface area (Å²) in [5.74, 6) is 0.432. The third-order valence-electron chi connectivity index (χ3n) is 2.65. The first-order chi connectivity index (χ1) is 7.61. The highest BCUT2D eigenvalue weighted by Crippen LogP contribution is 2.05. The molecule has 0 bridgehead atoms. The third kappa shape index (κ3) is 4.66. The number of nitrogens with zero attached hydrogens (tertiary/aromatic N) is 2. The predicted octanol–water partition coefficient (Wildman–Crippen LogP) is 0.947. The van der Waals surface area contributed by atoms with Crippen molar-refractivity contribution in [2.75, 3.05) is 39.8 Å². The van der Waals surface area contributed by atoms with Crippen molar-refractivity contribution in [1.82, 2.24) is 9.80 Å². The van der Waals surface area contributed by atoms with E-state index in [2.05, 4.69) is 28.4 Å². The molecule has 92 valence electrons. The summed E-state index contributed by atoms with van der Waals surface area (Å²) in [7, 11) is 1.40. The van der Waals surface area contributed by atoms with Gasteiger partial charge in [-0.25, -0.2) is 4.79 Å². The highest BCUT2D eigenvalue weighted by Gasteiger charge is 2.14. The van der Waals surface area contributed by atoms with Crippen molar-refractivity contribution in [3.63, 3.8) is 0 Å². The molecule has 1 heterocycles. The lowest BCUT2D eigenvalue weighted by Gasteiger charge is -2.34. The van der Waals surface area contributed by atoms with E-state index in [9.17, 15) is 4.79 Å². The average Bonchev–Trinajstić information content (AvgIpc) is 2.27. The van der Waals surface area contributed by atoms with E-state index in [0.29, 0.717) is 0 Å². The van der Waals surface area contributed by atoms with Gasteiger partial charge >= 0.3 is 5.97 Å². The normalized spacial score (nSPS) is 18.4. The van der Waals surface area contributed by atoms with E-state index < -0.39 is 0 Å². The first-order valence-corrected chi connectivity index (χ1v) is 5.84. The third-order valence-corrected chi connectivity index (χ3v) is 2.65. The van der Waals surface area contributed by atoms with Crippen LogP contribution in [0.3, 0.4) is 0 Å². The molecular weight excluding hydrogens is 204 g/mol. The van der Waals surface area contributed by atoms with Gasteiger partial charge in [0.15, 0.2) is 0 Å². The van der Waals surface area contributed by atoms with Crippen LogP contribution in [0.25, 0.3) is 0 Å². The van der Waals surface area contributed by atoms with Crippen LogP contribution in [0.4, 0.5) is 0 Å². The molecule has 0 radical (unpaired) electrons. The molecule has 1 rings (SSSR count). The van der Waals surface area contributed by atoms with Gasteiger partial charge in [-0.05, 0) is 5.92 Å². The molecule has 4 nitrogen and oxygen atoms in total. The average molecular weight is 226 g/mol. The van der Waals surface area contributed by atoms with E-state index in [1.165, 1.54) is 13.2 Å². The molecule has 1 fully saturated rings. The Hall–Kier alpha value is -1.03. The van der Waals surface area contributed by atoms with E-state index >= 15 is 0 Å². The molecule has 1 aliphatic rings. The summed E-state index contributed by atoms with van der Waals surface area (Å²) in [5.41, 5.74) is 0. The molecule has 4 heteroatoms. The lowest BCUT2D eigenvalue weighted by Crippen LogP contribution is -2.45. The van der Waals surface area contributed by atoms with Gasteiger partial charge in [-0.3, -0.25) is 4.90 Å².